The first-order valence-corrected chi connectivity index (χ1v) is 8.00. The molecule has 0 amide bonds. The van der Waals surface area contributed by atoms with Crippen molar-refractivity contribution in [3.05, 3.63) is 53.6 Å². The number of rotatable bonds is 9. The molecule has 1 atom stereocenters. The Balaban J connectivity index is 1.96. The topological polar surface area (TPSA) is 39.7 Å². The van der Waals surface area contributed by atoms with Gasteiger partial charge in [0.05, 0.1) is 14.2 Å². The molecule has 0 radical (unpaired) electrons. The van der Waals surface area contributed by atoms with Crippen LogP contribution in [0.1, 0.15) is 18.1 Å². The lowest BCUT2D eigenvalue weighted by molar-refractivity contribution is -0.0505. The van der Waals surface area contributed by atoms with E-state index in [1.165, 1.54) is 0 Å². The van der Waals surface area contributed by atoms with Crippen molar-refractivity contribution in [3.8, 4) is 17.2 Å². The van der Waals surface area contributed by atoms with Gasteiger partial charge in [0, 0.05) is 18.2 Å². The molecular formula is C19H23F2NO3. The minimum absolute atomic E-state index is 0.137. The van der Waals surface area contributed by atoms with Crippen LogP contribution in [0.3, 0.4) is 0 Å². The Bertz CT molecular complexity index is 679. The molecule has 4 nitrogen and oxygen atoms in total. The number of halogens is 2. The molecule has 0 saturated carbocycles. The molecule has 2 aromatic carbocycles. The maximum atomic E-state index is 12.5. The van der Waals surface area contributed by atoms with Crippen molar-refractivity contribution in [2.75, 3.05) is 14.2 Å². The third-order valence-corrected chi connectivity index (χ3v) is 3.82. The van der Waals surface area contributed by atoms with Crippen LogP contribution in [0.15, 0.2) is 42.5 Å². The number of nitrogens with one attached hydrogen (secondary N) is 1. The van der Waals surface area contributed by atoms with Gasteiger partial charge in [-0.1, -0.05) is 24.3 Å². The van der Waals surface area contributed by atoms with Gasteiger partial charge in [0.2, 0.25) is 0 Å². The molecule has 1 N–H and O–H groups in total. The van der Waals surface area contributed by atoms with Crippen molar-refractivity contribution < 1.29 is 23.0 Å². The lowest BCUT2D eigenvalue weighted by Crippen LogP contribution is -2.27. The summed E-state index contributed by atoms with van der Waals surface area (Å²) < 4.78 is 40.0. The largest absolute Gasteiger partial charge is 0.493 e. The maximum absolute atomic E-state index is 12.5. The quantitative estimate of drug-likeness (QED) is 0.741. The Morgan fingerprint density at radius 2 is 1.68 bits per heavy atom. The lowest BCUT2D eigenvalue weighted by atomic mass is 10.1. The Morgan fingerprint density at radius 3 is 2.36 bits per heavy atom. The van der Waals surface area contributed by atoms with Gasteiger partial charge in [-0.2, -0.15) is 8.78 Å². The molecule has 0 aliphatic heterocycles. The van der Waals surface area contributed by atoms with Crippen molar-refractivity contribution in [1.29, 1.82) is 0 Å². The van der Waals surface area contributed by atoms with Crippen LogP contribution in [0.25, 0.3) is 0 Å². The van der Waals surface area contributed by atoms with Gasteiger partial charge in [0.25, 0.3) is 0 Å². The number of para-hydroxylation sites is 1. The molecule has 0 heterocycles. The second-order valence-electron chi connectivity index (χ2n) is 5.66. The monoisotopic (exact) mass is 351 g/mol. The number of alkyl halides is 2. The predicted molar refractivity (Wildman–Crippen MR) is 92.6 cm³/mol. The zero-order valence-corrected chi connectivity index (χ0v) is 14.6. The molecule has 0 aromatic heterocycles. The first-order chi connectivity index (χ1) is 12.0. The number of benzene rings is 2. The lowest BCUT2D eigenvalue weighted by Gasteiger charge is -2.17. The molecule has 136 valence electrons. The van der Waals surface area contributed by atoms with E-state index in [1.54, 1.807) is 38.5 Å². The molecular weight excluding hydrogens is 328 g/mol. The van der Waals surface area contributed by atoms with Gasteiger partial charge >= 0.3 is 6.61 Å². The van der Waals surface area contributed by atoms with Gasteiger partial charge in [0.1, 0.15) is 5.75 Å². The van der Waals surface area contributed by atoms with Gasteiger partial charge in [-0.3, -0.25) is 0 Å². The molecule has 2 rings (SSSR count). The average molecular weight is 351 g/mol. The Kier molecular flexibility index (Phi) is 7.01. The fourth-order valence-electron chi connectivity index (χ4n) is 2.58. The first-order valence-electron chi connectivity index (χ1n) is 8.00. The molecule has 0 fully saturated rings. The average Bonchev–Trinajstić information content (AvgIpc) is 2.60. The third-order valence-electron chi connectivity index (χ3n) is 3.82. The van der Waals surface area contributed by atoms with Gasteiger partial charge in [-0.15, -0.1) is 0 Å². The summed E-state index contributed by atoms with van der Waals surface area (Å²) in [5.41, 5.74) is 1.79. The van der Waals surface area contributed by atoms with Crippen LogP contribution in [0.2, 0.25) is 0 Å². The SMILES string of the molecule is COc1ccc(CC(C)NCc2ccccc2OC(F)F)cc1OC. The van der Waals surface area contributed by atoms with E-state index < -0.39 is 6.61 Å². The number of hydrogen-bond acceptors (Lipinski definition) is 4. The molecule has 6 heteroatoms. The first kappa shape index (κ1) is 19.0. The molecule has 1 unspecified atom stereocenters. The highest BCUT2D eigenvalue weighted by Crippen LogP contribution is 2.28. The highest BCUT2D eigenvalue weighted by Gasteiger charge is 2.11. The normalized spacial score (nSPS) is 12.1. The van der Waals surface area contributed by atoms with E-state index in [1.807, 2.05) is 25.1 Å². The predicted octanol–water partition coefficient (Wildman–Crippen LogP) is 4.03. The van der Waals surface area contributed by atoms with Crippen molar-refractivity contribution in [2.45, 2.75) is 32.5 Å². The van der Waals surface area contributed by atoms with Crippen LogP contribution in [-0.4, -0.2) is 26.9 Å². The van der Waals surface area contributed by atoms with E-state index in [0.29, 0.717) is 23.6 Å². The van der Waals surface area contributed by atoms with Crippen LogP contribution >= 0.6 is 0 Å². The minimum Gasteiger partial charge on any atom is -0.493 e. The van der Waals surface area contributed by atoms with E-state index in [-0.39, 0.29) is 11.8 Å². The third kappa shape index (κ3) is 5.60. The Labute approximate surface area is 146 Å². The molecule has 0 saturated heterocycles. The molecule has 0 aliphatic rings. The summed E-state index contributed by atoms with van der Waals surface area (Å²) in [6.07, 6.45) is 0.762. The Morgan fingerprint density at radius 1 is 0.960 bits per heavy atom. The van der Waals surface area contributed by atoms with Crippen molar-refractivity contribution in [1.82, 2.24) is 5.32 Å². The highest BCUT2D eigenvalue weighted by atomic mass is 19.3. The standard InChI is InChI=1S/C19H23F2NO3/c1-13(10-14-8-9-17(23-2)18(11-14)24-3)22-12-15-6-4-5-7-16(15)25-19(20)21/h4-9,11,13,19,22H,10,12H2,1-3H3. The van der Waals surface area contributed by atoms with Crippen LogP contribution in [0, 0.1) is 0 Å². The molecule has 2 aromatic rings. The van der Waals surface area contributed by atoms with E-state index in [0.717, 1.165) is 12.0 Å². The number of methoxy groups -OCH3 is 2. The zero-order chi connectivity index (χ0) is 18.2. The second kappa shape index (κ2) is 9.22. The number of hydrogen-bond donors (Lipinski definition) is 1. The fraction of sp³-hybridized carbons (Fsp3) is 0.368. The van der Waals surface area contributed by atoms with E-state index in [4.69, 9.17) is 9.47 Å². The van der Waals surface area contributed by atoms with Gasteiger partial charge in [0.15, 0.2) is 11.5 Å². The molecule has 25 heavy (non-hydrogen) atoms. The van der Waals surface area contributed by atoms with E-state index in [2.05, 4.69) is 10.1 Å². The smallest absolute Gasteiger partial charge is 0.387 e. The van der Waals surface area contributed by atoms with Crippen LogP contribution in [0.5, 0.6) is 17.2 Å². The summed E-state index contributed by atoms with van der Waals surface area (Å²) in [4.78, 5) is 0. The maximum Gasteiger partial charge on any atom is 0.387 e. The molecule has 0 aliphatic carbocycles. The van der Waals surface area contributed by atoms with Crippen molar-refractivity contribution in [3.63, 3.8) is 0 Å². The van der Waals surface area contributed by atoms with Crippen LogP contribution < -0.4 is 19.5 Å². The van der Waals surface area contributed by atoms with Gasteiger partial charge in [-0.25, -0.2) is 0 Å². The summed E-state index contributed by atoms with van der Waals surface area (Å²) in [5, 5.41) is 3.33. The molecule has 0 bridgehead atoms. The summed E-state index contributed by atoms with van der Waals surface area (Å²) in [5.74, 6) is 1.57. The summed E-state index contributed by atoms with van der Waals surface area (Å²) in [6, 6.07) is 12.7. The minimum atomic E-state index is -2.83. The summed E-state index contributed by atoms with van der Waals surface area (Å²) in [7, 11) is 3.20. The van der Waals surface area contributed by atoms with Crippen LogP contribution in [0.4, 0.5) is 8.78 Å². The fourth-order valence-corrected chi connectivity index (χ4v) is 2.58. The second-order valence-corrected chi connectivity index (χ2v) is 5.66. The van der Waals surface area contributed by atoms with E-state index >= 15 is 0 Å². The van der Waals surface area contributed by atoms with E-state index in [9.17, 15) is 8.78 Å². The number of ether oxygens (including phenoxy) is 3. The highest BCUT2D eigenvalue weighted by molar-refractivity contribution is 5.43. The summed E-state index contributed by atoms with van der Waals surface area (Å²) in [6.45, 7) is -0.352. The van der Waals surface area contributed by atoms with Gasteiger partial charge in [-0.05, 0) is 37.1 Å². The Hall–Kier alpha value is -2.34. The van der Waals surface area contributed by atoms with Crippen LogP contribution in [-0.2, 0) is 13.0 Å². The zero-order valence-electron chi connectivity index (χ0n) is 14.6. The van der Waals surface area contributed by atoms with Gasteiger partial charge < -0.3 is 19.5 Å². The van der Waals surface area contributed by atoms with Crippen molar-refractivity contribution >= 4 is 0 Å². The summed E-state index contributed by atoms with van der Waals surface area (Å²) >= 11 is 0. The molecule has 0 spiro atoms. The van der Waals surface area contributed by atoms with Crippen molar-refractivity contribution in [2.24, 2.45) is 0 Å².